The van der Waals surface area contributed by atoms with Crippen LogP contribution in [-0.4, -0.2) is 44.1 Å². The number of hydrogen-bond acceptors (Lipinski definition) is 5. The number of thiophene rings is 1. The third-order valence-electron chi connectivity index (χ3n) is 3.82. The first kappa shape index (κ1) is 20.7. The van der Waals surface area contributed by atoms with E-state index in [9.17, 15) is 9.59 Å². The molecule has 2 aromatic rings. The lowest BCUT2D eigenvalue weighted by atomic mass is 10.2. The average Bonchev–Trinajstić information content (AvgIpc) is 3.15. The van der Waals surface area contributed by atoms with Gasteiger partial charge in [-0.15, -0.1) is 11.3 Å². The smallest absolute Gasteiger partial charge is 0.330 e. The van der Waals surface area contributed by atoms with E-state index in [1.54, 1.807) is 36.5 Å². The molecule has 1 aromatic carbocycles. The van der Waals surface area contributed by atoms with Crippen molar-refractivity contribution in [2.45, 2.75) is 13.0 Å². The molecular formula is C20H25N3O3S. The number of nitrogens with zero attached hydrogens (tertiary/aromatic N) is 1. The molecule has 1 atom stereocenters. The summed E-state index contributed by atoms with van der Waals surface area (Å²) in [6, 6.07) is 11.2. The van der Waals surface area contributed by atoms with Crippen LogP contribution in [0.4, 0.5) is 10.5 Å². The van der Waals surface area contributed by atoms with Crippen LogP contribution >= 0.6 is 11.3 Å². The third-order valence-corrected chi connectivity index (χ3v) is 4.79. The highest BCUT2D eigenvalue weighted by Gasteiger charge is 2.16. The Morgan fingerprint density at radius 1 is 1.22 bits per heavy atom. The zero-order valence-corrected chi connectivity index (χ0v) is 16.6. The number of amides is 2. The first-order chi connectivity index (χ1) is 13.0. The molecule has 0 bridgehead atoms. The molecule has 0 aliphatic heterocycles. The number of likely N-dealkylation sites (N-methyl/N-ethyl adjacent to an activating group) is 1. The van der Waals surface area contributed by atoms with E-state index in [4.69, 9.17) is 4.74 Å². The standard InChI is InChI=1S/C20H25N3O3S/c1-4-26-19(24)12-9-15-7-10-16(11-8-15)22-20(25)21-14-17(23(2)3)18-6-5-13-27-18/h5-13,17H,4,14H2,1-3H3,(H2,21,22,25)/b12-9+. The van der Waals surface area contributed by atoms with Gasteiger partial charge in [-0.25, -0.2) is 9.59 Å². The SMILES string of the molecule is CCOC(=O)/C=C/c1ccc(NC(=O)NCC(c2cccs2)N(C)C)cc1. The van der Waals surface area contributed by atoms with Gasteiger partial charge in [0.1, 0.15) is 0 Å². The van der Waals surface area contributed by atoms with Gasteiger partial charge in [0.05, 0.1) is 12.6 Å². The second-order valence-electron chi connectivity index (χ2n) is 6.04. The van der Waals surface area contributed by atoms with Crippen molar-refractivity contribution < 1.29 is 14.3 Å². The van der Waals surface area contributed by atoms with E-state index in [1.807, 2.05) is 37.7 Å². The highest BCUT2D eigenvalue weighted by atomic mass is 32.1. The Hall–Kier alpha value is -2.64. The number of carbonyl (C=O) groups excluding carboxylic acids is 2. The maximum Gasteiger partial charge on any atom is 0.330 e. The molecule has 1 aromatic heterocycles. The van der Waals surface area contributed by atoms with Crippen LogP contribution < -0.4 is 10.6 Å². The van der Waals surface area contributed by atoms with E-state index < -0.39 is 0 Å². The lowest BCUT2D eigenvalue weighted by Gasteiger charge is -2.23. The van der Waals surface area contributed by atoms with Gasteiger partial charge in [-0.3, -0.25) is 0 Å². The number of urea groups is 1. The quantitative estimate of drug-likeness (QED) is 0.535. The third kappa shape index (κ3) is 6.88. The van der Waals surface area contributed by atoms with Gasteiger partial charge in [0, 0.05) is 23.2 Å². The Labute approximate surface area is 163 Å². The van der Waals surface area contributed by atoms with Crippen LogP contribution in [0.2, 0.25) is 0 Å². The van der Waals surface area contributed by atoms with Crippen molar-refractivity contribution in [1.82, 2.24) is 10.2 Å². The van der Waals surface area contributed by atoms with Gasteiger partial charge in [0.15, 0.2) is 0 Å². The Balaban J connectivity index is 1.85. The first-order valence-electron chi connectivity index (χ1n) is 8.69. The Kier molecular flexibility index (Phi) is 8.03. The fourth-order valence-electron chi connectivity index (χ4n) is 2.42. The van der Waals surface area contributed by atoms with Crippen LogP contribution in [0.1, 0.15) is 23.4 Å². The second kappa shape index (κ2) is 10.5. The number of anilines is 1. The minimum atomic E-state index is -0.375. The van der Waals surface area contributed by atoms with Crippen molar-refractivity contribution >= 4 is 35.1 Å². The Morgan fingerprint density at radius 3 is 2.56 bits per heavy atom. The van der Waals surface area contributed by atoms with E-state index in [0.717, 1.165) is 5.56 Å². The molecule has 0 fully saturated rings. The molecule has 0 saturated heterocycles. The summed E-state index contributed by atoms with van der Waals surface area (Å²) in [5, 5.41) is 7.75. The van der Waals surface area contributed by atoms with Crippen molar-refractivity contribution in [2.24, 2.45) is 0 Å². The molecule has 27 heavy (non-hydrogen) atoms. The number of hydrogen-bond donors (Lipinski definition) is 2. The van der Waals surface area contributed by atoms with Gasteiger partial charge in [-0.05, 0) is 56.2 Å². The Bertz CT molecular complexity index is 755. The second-order valence-corrected chi connectivity index (χ2v) is 7.02. The number of carbonyl (C=O) groups is 2. The summed E-state index contributed by atoms with van der Waals surface area (Å²) in [6.07, 6.45) is 3.05. The summed E-state index contributed by atoms with van der Waals surface area (Å²) in [5.41, 5.74) is 1.53. The molecule has 0 radical (unpaired) electrons. The van der Waals surface area contributed by atoms with Crippen LogP contribution in [0.5, 0.6) is 0 Å². The molecule has 0 aliphatic carbocycles. The lowest BCUT2D eigenvalue weighted by molar-refractivity contribution is -0.137. The number of ether oxygens (including phenoxy) is 1. The summed E-state index contributed by atoms with van der Waals surface area (Å²) in [4.78, 5) is 26.8. The molecule has 7 heteroatoms. The Morgan fingerprint density at radius 2 is 1.96 bits per heavy atom. The molecule has 0 spiro atoms. The predicted octanol–water partition coefficient (Wildman–Crippen LogP) is 3.75. The molecule has 2 N–H and O–H groups in total. The van der Waals surface area contributed by atoms with Crippen LogP contribution in [-0.2, 0) is 9.53 Å². The molecule has 6 nitrogen and oxygen atoms in total. The molecular weight excluding hydrogens is 362 g/mol. The van der Waals surface area contributed by atoms with Crippen molar-refractivity contribution in [3.05, 3.63) is 58.3 Å². The molecule has 2 rings (SSSR count). The molecule has 2 amide bonds. The van der Waals surface area contributed by atoms with Crippen molar-refractivity contribution in [3.8, 4) is 0 Å². The highest BCUT2D eigenvalue weighted by Crippen LogP contribution is 2.22. The number of rotatable bonds is 8. The van der Waals surface area contributed by atoms with Crippen LogP contribution in [0.3, 0.4) is 0 Å². The summed E-state index contributed by atoms with van der Waals surface area (Å²) in [5.74, 6) is -0.375. The fraction of sp³-hybridized carbons (Fsp3) is 0.300. The van der Waals surface area contributed by atoms with Crippen LogP contribution in [0.25, 0.3) is 6.08 Å². The molecule has 0 aliphatic rings. The number of benzene rings is 1. The summed E-state index contributed by atoms with van der Waals surface area (Å²) < 4.78 is 4.84. The summed E-state index contributed by atoms with van der Waals surface area (Å²) in [7, 11) is 3.99. The van der Waals surface area contributed by atoms with Gasteiger partial charge in [0.25, 0.3) is 0 Å². The number of esters is 1. The van der Waals surface area contributed by atoms with Gasteiger partial charge < -0.3 is 20.3 Å². The molecule has 144 valence electrons. The largest absolute Gasteiger partial charge is 0.463 e. The topological polar surface area (TPSA) is 70.7 Å². The summed E-state index contributed by atoms with van der Waals surface area (Å²) in [6.45, 7) is 2.63. The van der Waals surface area contributed by atoms with Crippen LogP contribution in [0.15, 0.2) is 47.9 Å². The zero-order valence-electron chi connectivity index (χ0n) is 15.8. The van der Waals surface area contributed by atoms with Gasteiger partial charge >= 0.3 is 12.0 Å². The maximum absolute atomic E-state index is 12.2. The molecule has 0 saturated carbocycles. The van der Waals surface area contributed by atoms with E-state index >= 15 is 0 Å². The highest BCUT2D eigenvalue weighted by molar-refractivity contribution is 7.10. The fourth-order valence-corrected chi connectivity index (χ4v) is 3.34. The van der Waals surface area contributed by atoms with Crippen LogP contribution in [0, 0.1) is 0 Å². The minimum absolute atomic E-state index is 0.131. The normalized spacial score (nSPS) is 12.1. The minimum Gasteiger partial charge on any atom is -0.463 e. The lowest BCUT2D eigenvalue weighted by Crippen LogP contribution is -2.36. The maximum atomic E-state index is 12.2. The van der Waals surface area contributed by atoms with E-state index in [2.05, 4.69) is 21.6 Å². The van der Waals surface area contributed by atoms with Crippen molar-refractivity contribution in [3.63, 3.8) is 0 Å². The number of nitrogens with one attached hydrogen (secondary N) is 2. The van der Waals surface area contributed by atoms with E-state index in [-0.39, 0.29) is 18.0 Å². The van der Waals surface area contributed by atoms with Crippen molar-refractivity contribution in [2.75, 3.05) is 32.6 Å². The average molecular weight is 388 g/mol. The summed E-state index contributed by atoms with van der Waals surface area (Å²) >= 11 is 1.67. The van der Waals surface area contributed by atoms with Crippen molar-refractivity contribution in [1.29, 1.82) is 0 Å². The van der Waals surface area contributed by atoms with Gasteiger partial charge in [-0.1, -0.05) is 18.2 Å². The zero-order chi connectivity index (χ0) is 19.6. The van der Waals surface area contributed by atoms with Gasteiger partial charge in [0.2, 0.25) is 0 Å². The van der Waals surface area contributed by atoms with E-state index in [0.29, 0.717) is 18.8 Å². The predicted molar refractivity (Wildman–Crippen MR) is 110 cm³/mol. The van der Waals surface area contributed by atoms with E-state index in [1.165, 1.54) is 11.0 Å². The first-order valence-corrected chi connectivity index (χ1v) is 9.57. The van der Waals surface area contributed by atoms with Gasteiger partial charge in [-0.2, -0.15) is 0 Å². The molecule has 1 heterocycles. The molecule has 1 unspecified atom stereocenters. The monoisotopic (exact) mass is 387 g/mol.